The molecule has 2 nitrogen and oxygen atoms in total. The summed E-state index contributed by atoms with van der Waals surface area (Å²) in [6.07, 6.45) is 5.54. The Morgan fingerprint density at radius 1 is 1.38 bits per heavy atom. The Hall–Kier alpha value is -0.340. The van der Waals surface area contributed by atoms with Gasteiger partial charge in [0.05, 0.1) is 0 Å². The molecule has 0 aromatic carbocycles. The maximum atomic E-state index is 4.16. The first kappa shape index (κ1) is 12.1. The van der Waals surface area contributed by atoms with Crippen LogP contribution in [0.5, 0.6) is 0 Å². The van der Waals surface area contributed by atoms with E-state index in [0.29, 0.717) is 6.04 Å². The highest BCUT2D eigenvalue weighted by Crippen LogP contribution is 2.39. The van der Waals surface area contributed by atoms with Crippen LogP contribution in [0.2, 0.25) is 0 Å². The minimum Gasteiger partial charge on any atom is -0.310 e. The molecule has 3 unspecified atom stereocenters. The zero-order chi connectivity index (χ0) is 11.7. The van der Waals surface area contributed by atoms with Crippen LogP contribution in [0.15, 0.2) is 12.2 Å². The molecular formula is C14H26N2. The van der Waals surface area contributed by atoms with Crippen molar-refractivity contribution in [3.05, 3.63) is 12.2 Å². The first-order valence-corrected chi connectivity index (χ1v) is 6.74. The third-order valence-electron chi connectivity index (χ3n) is 4.56. The second-order valence-electron chi connectivity index (χ2n) is 5.66. The highest BCUT2D eigenvalue weighted by Gasteiger charge is 2.40. The molecule has 2 heterocycles. The summed E-state index contributed by atoms with van der Waals surface area (Å²) in [4.78, 5) is 2.61. The third kappa shape index (κ3) is 2.18. The molecule has 0 aromatic heterocycles. The zero-order valence-electron chi connectivity index (χ0n) is 11.0. The van der Waals surface area contributed by atoms with Crippen molar-refractivity contribution in [2.75, 3.05) is 13.6 Å². The van der Waals surface area contributed by atoms with Gasteiger partial charge in [-0.05, 0) is 52.1 Å². The van der Waals surface area contributed by atoms with Crippen LogP contribution >= 0.6 is 0 Å². The average Bonchev–Trinajstić information content (AvgIpc) is 2.50. The molecule has 0 saturated carbocycles. The van der Waals surface area contributed by atoms with Gasteiger partial charge in [-0.15, -0.1) is 0 Å². The van der Waals surface area contributed by atoms with Crippen LogP contribution in [0.25, 0.3) is 0 Å². The van der Waals surface area contributed by atoms with E-state index in [2.05, 4.69) is 37.7 Å². The van der Waals surface area contributed by atoms with Gasteiger partial charge in [0.25, 0.3) is 0 Å². The Morgan fingerprint density at radius 2 is 1.94 bits per heavy atom. The van der Waals surface area contributed by atoms with E-state index in [4.69, 9.17) is 0 Å². The van der Waals surface area contributed by atoms with Crippen molar-refractivity contribution >= 4 is 0 Å². The van der Waals surface area contributed by atoms with E-state index in [-0.39, 0.29) is 0 Å². The summed E-state index contributed by atoms with van der Waals surface area (Å²) in [6, 6.07) is 2.22. The first-order valence-electron chi connectivity index (χ1n) is 6.74. The molecule has 0 amide bonds. The second-order valence-corrected chi connectivity index (χ2v) is 5.66. The van der Waals surface area contributed by atoms with Gasteiger partial charge >= 0.3 is 0 Å². The van der Waals surface area contributed by atoms with Crippen LogP contribution in [-0.4, -0.2) is 36.6 Å². The lowest BCUT2D eigenvalue weighted by molar-refractivity contribution is 0.120. The fourth-order valence-electron chi connectivity index (χ4n) is 3.69. The largest absolute Gasteiger partial charge is 0.310 e. The molecule has 2 fully saturated rings. The number of piperidine rings is 1. The Morgan fingerprint density at radius 3 is 2.38 bits per heavy atom. The average molecular weight is 222 g/mol. The van der Waals surface area contributed by atoms with Crippen molar-refractivity contribution in [1.29, 1.82) is 0 Å². The lowest BCUT2D eigenvalue weighted by atomic mass is 9.82. The van der Waals surface area contributed by atoms with Gasteiger partial charge < -0.3 is 10.2 Å². The Labute approximate surface area is 100 Å². The standard InChI is InChI=1S/C14H26N2/c1-5-15-14(10(2)3)11-8-12-6-7-13(9-11)16(12)4/h11-15H,2,5-9H2,1,3-4H3. The molecule has 0 aliphatic carbocycles. The number of nitrogens with zero attached hydrogens (tertiary/aromatic N) is 1. The number of nitrogens with one attached hydrogen (secondary N) is 1. The summed E-state index contributed by atoms with van der Waals surface area (Å²) in [5.74, 6) is 0.811. The smallest absolute Gasteiger partial charge is 0.0303 e. The topological polar surface area (TPSA) is 15.3 Å². The van der Waals surface area contributed by atoms with Gasteiger partial charge in [-0.3, -0.25) is 0 Å². The number of hydrogen-bond donors (Lipinski definition) is 1. The van der Waals surface area contributed by atoms with Gasteiger partial charge in [0.15, 0.2) is 0 Å². The molecule has 3 atom stereocenters. The Bertz CT molecular complexity index is 247. The van der Waals surface area contributed by atoms with Crippen molar-refractivity contribution in [1.82, 2.24) is 10.2 Å². The maximum Gasteiger partial charge on any atom is 0.0303 e. The van der Waals surface area contributed by atoms with Crippen molar-refractivity contribution in [2.45, 2.75) is 57.7 Å². The van der Waals surface area contributed by atoms with E-state index < -0.39 is 0 Å². The summed E-state index contributed by atoms with van der Waals surface area (Å²) >= 11 is 0. The van der Waals surface area contributed by atoms with E-state index in [0.717, 1.165) is 24.5 Å². The van der Waals surface area contributed by atoms with E-state index in [1.165, 1.54) is 31.3 Å². The quantitative estimate of drug-likeness (QED) is 0.735. The van der Waals surface area contributed by atoms with Crippen molar-refractivity contribution in [2.24, 2.45) is 5.92 Å². The van der Waals surface area contributed by atoms with Crippen LogP contribution in [0.4, 0.5) is 0 Å². The monoisotopic (exact) mass is 222 g/mol. The number of likely N-dealkylation sites (N-methyl/N-ethyl adjacent to an activating group) is 1. The molecule has 2 aliphatic rings. The third-order valence-corrected chi connectivity index (χ3v) is 4.56. The first-order chi connectivity index (χ1) is 7.63. The lowest BCUT2D eigenvalue weighted by Crippen LogP contribution is -2.47. The summed E-state index contributed by atoms with van der Waals surface area (Å²) in [5, 5.41) is 3.62. The minimum atomic E-state index is 0.543. The van der Waals surface area contributed by atoms with Crippen LogP contribution in [0, 0.1) is 5.92 Å². The van der Waals surface area contributed by atoms with Gasteiger partial charge in [-0.25, -0.2) is 0 Å². The molecular weight excluding hydrogens is 196 g/mol. The molecule has 0 spiro atoms. The van der Waals surface area contributed by atoms with E-state index >= 15 is 0 Å². The van der Waals surface area contributed by atoms with Crippen LogP contribution in [0.1, 0.15) is 39.5 Å². The van der Waals surface area contributed by atoms with Crippen molar-refractivity contribution in [3.63, 3.8) is 0 Å². The van der Waals surface area contributed by atoms with Gasteiger partial charge in [0.1, 0.15) is 0 Å². The number of rotatable bonds is 4. The van der Waals surface area contributed by atoms with E-state index in [1.807, 2.05) is 0 Å². The summed E-state index contributed by atoms with van der Waals surface area (Å²) < 4.78 is 0. The normalized spacial score (nSPS) is 36.3. The predicted molar refractivity (Wildman–Crippen MR) is 69.6 cm³/mol. The van der Waals surface area contributed by atoms with Crippen LogP contribution < -0.4 is 5.32 Å². The molecule has 0 aromatic rings. The highest BCUT2D eigenvalue weighted by molar-refractivity contribution is 5.08. The van der Waals surface area contributed by atoms with Crippen LogP contribution in [0.3, 0.4) is 0 Å². The molecule has 2 rings (SSSR count). The van der Waals surface area contributed by atoms with Gasteiger partial charge in [-0.1, -0.05) is 19.1 Å². The van der Waals surface area contributed by atoms with E-state index in [1.54, 1.807) is 0 Å². The Balaban J connectivity index is 2.02. The van der Waals surface area contributed by atoms with Crippen LogP contribution in [-0.2, 0) is 0 Å². The van der Waals surface area contributed by atoms with Gasteiger partial charge in [0.2, 0.25) is 0 Å². The minimum absolute atomic E-state index is 0.543. The predicted octanol–water partition coefficient (Wildman–Crippen LogP) is 2.41. The maximum absolute atomic E-state index is 4.16. The molecule has 2 saturated heterocycles. The van der Waals surface area contributed by atoms with Crippen molar-refractivity contribution < 1.29 is 0 Å². The second kappa shape index (κ2) is 4.89. The molecule has 92 valence electrons. The molecule has 16 heavy (non-hydrogen) atoms. The zero-order valence-corrected chi connectivity index (χ0v) is 11.0. The lowest BCUT2D eigenvalue weighted by Gasteiger charge is -2.40. The number of fused-ring (bicyclic) bond motifs is 2. The van der Waals surface area contributed by atoms with Gasteiger partial charge in [-0.2, -0.15) is 0 Å². The molecule has 1 N–H and O–H groups in total. The molecule has 0 radical (unpaired) electrons. The molecule has 2 aliphatic heterocycles. The highest BCUT2D eigenvalue weighted by atomic mass is 15.2. The number of hydrogen-bond acceptors (Lipinski definition) is 2. The fourth-order valence-corrected chi connectivity index (χ4v) is 3.69. The molecule has 2 heteroatoms. The van der Waals surface area contributed by atoms with Gasteiger partial charge in [0, 0.05) is 18.1 Å². The summed E-state index contributed by atoms with van der Waals surface area (Å²) in [5.41, 5.74) is 1.32. The Kier molecular flexibility index (Phi) is 3.70. The summed E-state index contributed by atoms with van der Waals surface area (Å²) in [7, 11) is 2.31. The van der Waals surface area contributed by atoms with Crippen molar-refractivity contribution in [3.8, 4) is 0 Å². The van der Waals surface area contributed by atoms with E-state index in [9.17, 15) is 0 Å². The SMILES string of the molecule is C=C(C)C(NCC)C1CC2CCC(C1)N2C. The fraction of sp³-hybridized carbons (Fsp3) is 0.857. The summed E-state index contributed by atoms with van der Waals surface area (Å²) in [6.45, 7) is 9.59. The molecule has 2 bridgehead atoms.